The van der Waals surface area contributed by atoms with Crippen molar-refractivity contribution in [2.45, 2.75) is 32.1 Å². The third kappa shape index (κ3) is 3.63. The molecule has 0 unspecified atom stereocenters. The first-order valence-corrected chi connectivity index (χ1v) is 8.93. The van der Waals surface area contributed by atoms with E-state index >= 15 is 0 Å². The van der Waals surface area contributed by atoms with Crippen molar-refractivity contribution >= 4 is 28.9 Å². The Balaban J connectivity index is 2.01. The largest absolute Gasteiger partial charge is 0.508 e. The van der Waals surface area contributed by atoms with Crippen LogP contribution in [0, 0.1) is 11.3 Å². The normalized spacial score (nSPS) is 16.3. The second kappa shape index (κ2) is 7.04. The van der Waals surface area contributed by atoms with Crippen LogP contribution in [0.1, 0.15) is 30.5 Å². The van der Waals surface area contributed by atoms with Crippen molar-refractivity contribution < 1.29 is 23.1 Å². The smallest absolute Gasteiger partial charge is 0.417 e. The number of phenols is 1. The van der Waals surface area contributed by atoms with Gasteiger partial charge in [0.15, 0.2) is 5.11 Å². The molecule has 150 valence electrons. The van der Waals surface area contributed by atoms with Crippen LogP contribution in [0.4, 0.5) is 18.9 Å². The van der Waals surface area contributed by atoms with Gasteiger partial charge >= 0.3 is 6.18 Å². The fourth-order valence-corrected chi connectivity index (χ4v) is 3.60. The summed E-state index contributed by atoms with van der Waals surface area (Å²) in [6, 6.07) is 10.9. The lowest BCUT2D eigenvalue weighted by Gasteiger charge is -2.29. The highest BCUT2D eigenvalue weighted by atomic mass is 32.1. The average molecular weight is 419 g/mol. The summed E-state index contributed by atoms with van der Waals surface area (Å²) in [6.45, 7) is 3.50. The summed E-state index contributed by atoms with van der Waals surface area (Å²) >= 11 is 5.43. The number of amides is 1. The Labute approximate surface area is 170 Å². The van der Waals surface area contributed by atoms with E-state index in [4.69, 9.17) is 17.5 Å². The van der Waals surface area contributed by atoms with Crippen molar-refractivity contribution in [3.05, 3.63) is 59.2 Å². The number of benzene rings is 2. The minimum absolute atomic E-state index is 0.0485. The number of carbonyl (C=O) groups is 1. The number of hydrogen-bond acceptors (Lipinski definition) is 4. The molecule has 1 N–H and O–H groups in total. The Morgan fingerprint density at radius 3 is 2.34 bits per heavy atom. The maximum absolute atomic E-state index is 13.3. The van der Waals surface area contributed by atoms with E-state index in [0.717, 1.165) is 22.6 Å². The predicted molar refractivity (Wildman–Crippen MR) is 104 cm³/mol. The van der Waals surface area contributed by atoms with Gasteiger partial charge in [0.2, 0.25) is 0 Å². The van der Waals surface area contributed by atoms with Crippen molar-refractivity contribution in [2.24, 2.45) is 0 Å². The lowest BCUT2D eigenvalue weighted by molar-refractivity contribution is -0.137. The highest BCUT2D eigenvalue weighted by molar-refractivity contribution is 7.80. The number of carbonyl (C=O) groups excluding carboxylic acids is 1. The van der Waals surface area contributed by atoms with Crippen LogP contribution in [0.5, 0.6) is 5.75 Å². The van der Waals surface area contributed by atoms with Crippen LogP contribution in [0.3, 0.4) is 0 Å². The summed E-state index contributed by atoms with van der Waals surface area (Å²) in [5.74, 6) is -0.383. The molecule has 1 amide bonds. The van der Waals surface area contributed by atoms with Crippen molar-refractivity contribution in [1.82, 2.24) is 4.90 Å². The summed E-state index contributed by atoms with van der Waals surface area (Å²) in [5, 5.41) is 18.5. The minimum atomic E-state index is -4.74. The first-order valence-electron chi connectivity index (χ1n) is 8.52. The van der Waals surface area contributed by atoms with E-state index in [-0.39, 0.29) is 23.1 Å². The van der Waals surface area contributed by atoms with Crippen LogP contribution < -0.4 is 4.90 Å². The highest BCUT2D eigenvalue weighted by Crippen LogP contribution is 2.38. The van der Waals surface area contributed by atoms with Crippen LogP contribution in [0.15, 0.2) is 42.5 Å². The molecule has 1 fully saturated rings. The number of nitriles is 1. The van der Waals surface area contributed by atoms with Crippen molar-refractivity contribution in [2.75, 3.05) is 4.90 Å². The van der Waals surface area contributed by atoms with Crippen molar-refractivity contribution in [1.29, 1.82) is 5.26 Å². The van der Waals surface area contributed by atoms with E-state index in [9.17, 15) is 23.1 Å². The number of thiocarbonyl (C=S) groups is 1. The molecule has 0 aliphatic carbocycles. The minimum Gasteiger partial charge on any atom is -0.508 e. The van der Waals surface area contributed by atoms with E-state index < -0.39 is 28.7 Å². The summed E-state index contributed by atoms with van der Waals surface area (Å²) in [6.07, 6.45) is -4.74. The fraction of sp³-hybridized carbons (Fsp3) is 0.250. The van der Waals surface area contributed by atoms with Crippen LogP contribution >= 0.6 is 12.2 Å². The topological polar surface area (TPSA) is 67.6 Å². The molecule has 3 rings (SSSR count). The van der Waals surface area contributed by atoms with Gasteiger partial charge in [-0.25, -0.2) is 0 Å². The van der Waals surface area contributed by atoms with Crippen molar-refractivity contribution in [3.63, 3.8) is 0 Å². The molecule has 2 aromatic carbocycles. The maximum atomic E-state index is 13.3. The molecular weight excluding hydrogens is 403 g/mol. The van der Waals surface area contributed by atoms with Gasteiger partial charge in [0.25, 0.3) is 5.91 Å². The van der Waals surface area contributed by atoms with Gasteiger partial charge in [0.05, 0.1) is 22.9 Å². The Bertz CT molecular complexity index is 1030. The van der Waals surface area contributed by atoms with E-state index in [1.165, 1.54) is 24.3 Å². The molecule has 29 heavy (non-hydrogen) atoms. The second-order valence-corrected chi connectivity index (χ2v) is 7.44. The Kier molecular flexibility index (Phi) is 5.01. The lowest BCUT2D eigenvalue weighted by Crippen LogP contribution is -2.43. The van der Waals surface area contributed by atoms with Gasteiger partial charge in [-0.15, -0.1) is 0 Å². The van der Waals surface area contributed by atoms with E-state index in [2.05, 4.69) is 0 Å². The third-order valence-electron chi connectivity index (χ3n) is 4.79. The van der Waals surface area contributed by atoms with Crippen LogP contribution in [0.25, 0.3) is 0 Å². The van der Waals surface area contributed by atoms with Gasteiger partial charge < -0.3 is 10.0 Å². The van der Waals surface area contributed by atoms with E-state index in [1.54, 1.807) is 30.9 Å². The van der Waals surface area contributed by atoms with Crippen LogP contribution in [0.2, 0.25) is 0 Å². The molecule has 1 aliphatic heterocycles. The van der Waals surface area contributed by atoms with Gasteiger partial charge in [-0.05, 0) is 62.0 Å². The van der Waals surface area contributed by atoms with Crippen molar-refractivity contribution in [3.8, 4) is 11.8 Å². The zero-order valence-electron chi connectivity index (χ0n) is 15.5. The Hall–Kier alpha value is -3.12. The Morgan fingerprint density at radius 1 is 1.17 bits per heavy atom. The summed E-state index contributed by atoms with van der Waals surface area (Å²) in [7, 11) is 0. The molecule has 0 atom stereocenters. The van der Waals surface area contributed by atoms with E-state index in [0.29, 0.717) is 0 Å². The quantitative estimate of drug-likeness (QED) is 0.756. The molecule has 0 aromatic heterocycles. The first kappa shape index (κ1) is 20.6. The van der Waals surface area contributed by atoms with Crippen LogP contribution in [-0.4, -0.2) is 26.6 Å². The zero-order chi connectivity index (χ0) is 21.6. The fourth-order valence-electron chi connectivity index (χ4n) is 3.12. The maximum Gasteiger partial charge on any atom is 0.417 e. The second-order valence-electron chi connectivity index (χ2n) is 7.07. The number of hydrogen-bond donors (Lipinski definition) is 1. The first-order chi connectivity index (χ1) is 13.5. The highest BCUT2D eigenvalue weighted by Gasteiger charge is 2.49. The molecule has 0 spiro atoms. The molecule has 0 saturated carbocycles. The number of alkyl halides is 3. The zero-order valence-corrected chi connectivity index (χ0v) is 16.3. The lowest BCUT2D eigenvalue weighted by atomic mass is 10.0. The molecule has 2 aromatic rings. The number of aromatic hydroxyl groups is 1. The third-order valence-corrected chi connectivity index (χ3v) is 5.19. The molecule has 9 heteroatoms. The van der Waals surface area contributed by atoms with Gasteiger partial charge in [-0.1, -0.05) is 12.1 Å². The average Bonchev–Trinajstić information content (AvgIpc) is 2.82. The number of halogens is 3. The van der Waals surface area contributed by atoms with Crippen LogP contribution in [-0.2, 0) is 17.5 Å². The molecular formula is C20H16F3N3O2S. The SMILES string of the molecule is CC1(C)C(=O)N(c2ccc(C#N)c(C(F)(F)F)c2)C(=S)N1Cc1ccc(O)cc1. The predicted octanol–water partition coefficient (Wildman–Crippen LogP) is 4.19. The molecule has 1 saturated heterocycles. The standard InChI is InChI=1S/C20H16F3N3O2S/c1-19(2)17(28)26(14-6-5-13(10-24)16(9-14)20(21,22)23)18(29)25(19)11-12-3-7-15(27)8-4-12/h3-9,27H,11H2,1-2H3. The molecule has 1 aliphatic rings. The monoisotopic (exact) mass is 419 g/mol. The number of rotatable bonds is 3. The summed E-state index contributed by atoms with van der Waals surface area (Å²) in [5.41, 5.74) is -2.03. The molecule has 1 heterocycles. The number of phenolic OH excluding ortho intramolecular Hbond substituents is 1. The molecule has 5 nitrogen and oxygen atoms in total. The van der Waals surface area contributed by atoms with E-state index in [1.807, 2.05) is 0 Å². The number of nitrogens with zero attached hydrogens (tertiary/aromatic N) is 3. The molecule has 0 bridgehead atoms. The Morgan fingerprint density at radius 2 is 1.79 bits per heavy atom. The molecule has 0 radical (unpaired) electrons. The summed E-state index contributed by atoms with van der Waals surface area (Å²) < 4.78 is 40.0. The van der Waals surface area contributed by atoms with Gasteiger partial charge in [0.1, 0.15) is 11.3 Å². The van der Waals surface area contributed by atoms with Gasteiger partial charge in [-0.3, -0.25) is 9.69 Å². The van der Waals surface area contributed by atoms with Gasteiger partial charge in [0, 0.05) is 6.54 Å². The van der Waals surface area contributed by atoms with Gasteiger partial charge in [-0.2, -0.15) is 18.4 Å². The number of anilines is 1. The summed E-state index contributed by atoms with van der Waals surface area (Å²) in [4.78, 5) is 15.7.